The van der Waals surface area contributed by atoms with Crippen LogP contribution in [0, 0.1) is 5.92 Å². The smallest absolute Gasteiger partial charge is 0.0675 e. The van der Waals surface area contributed by atoms with Crippen LogP contribution in [0.15, 0.2) is 0 Å². The average Bonchev–Trinajstić information content (AvgIpc) is 2.19. The molecule has 1 N–H and O–H groups in total. The molecule has 1 fully saturated rings. The van der Waals surface area contributed by atoms with Crippen molar-refractivity contribution in [3.05, 3.63) is 0 Å². The molecule has 1 rings (SSSR count). The van der Waals surface area contributed by atoms with E-state index in [1.54, 1.807) is 0 Å². The Labute approximate surface area is 94.8 Å². The molecule has 2 nitrogen and oxygen atoms in total. The minimum absolute atomic E-state index is 0.353. The Bertz CT molecular complexity index is 162. The fraction of sp³-hybridized carbons (Fsp3) is 1.00. The molecule has 0 bridgehead atoms. The highest BCUT2D eigenvalue weighted by atomic mass is 16.5. The molecule has 0 heterocycles. The second kappa shape index (κ2) is 6.49. The SMILES string of the molecule is CC1CCC(OC(C)CNC(C)C)CC1. The number of nitrogens with one attached hydrogen (secondary N) is 1. The Kier molecular flexibility index (Phi) is 5.62. The molecule has 0 aromatic heterocycles. The van der Waals surface area contributed by atoms with E-state index in [2.05, 4.69) is 33.0 Å². The van der Waals surface area contributed by atoms with Crippen molar-refractivity contribution in [1.29, 1.82) is 0 Å². The molecule has 0 amide bonds. The molecular weight excluding hydrogens is 186 g/mol. The minimum atomic E-state index is 0.353. The molecule has 1 unspecified atom stereocenters. The summed E-state index contributed by atoms with van der Waals surface area (Å²) in [4.78, 5) is 0. The summed E-state index contributed by atoms with van der Waals surface area (Å²) in [6.45, 7) is 9.85. The fourth-order valence-electron chi connectivity index (χ4n) is 2.14. The Balaban J connectivity index is 2.12. The molecular formula is C13H27NO. The number of hydrogen-bond acceptors (Lipinski definition) is 2. The van der Waals surface area contributed by atoms with Crippen LogP contribution in [0.4, 0.5) is 0 Å². The van der Waals surface area contributed by atoms with Gasteiger partial charge < -0.3 is 10.1 Å². The third-order valence-electron chi connectivity index (χ3n) is 3.20. The maximum Gasteiger partial charge on any atom is 0.0675 e. The summed E-state index contributed by atoms with van der Waals surface area (Å²) >= 11 is 0. The second-order valence-corrected chi connectivity index (χ2v) is 5.39. The average molecular weight is 213 g/mol. The van der Waals surface area contributed by atoms with Crippen LogP contribution in [0.2, 0.25) is 0 Å². The van der Waals surface area contributed by atoms with E-state index in [0.29, 0.717) is 18.2 Å². The van der Waals surface area contributed by atoms with Crippen LogP contribution in [-0.2, 0) is 4.74 Å². The molecule has 1 atom stereocenters. The van der Waals surface area contributed by atoms with Crippen LogP contribution in [-0.4, -0.2) is 24.8 Å². The topological polar surface area (TPSA) is 21.3 Å². The summed E-state index contributed by atoms with van der Waals surface area (Å²) in [5.74, 6) is 0.911. The zero-order chi connectivity index (χ0) is 11.3. The van der Waals surface area contributed by atoms with E-state index >= 15 is 0 Å². The quantitative estimate of drug-likeness (QED) is 0.758. The van der Waals surface area contributed by atoms with Crippen molar-refractivity contribution in [3.63, 3.8) is 0 Å². The van der Waals surface area contributed by atoms with E-state index in [1.807, 2.05) is 0 Å². The number of hydrogen-bond donors (Lipinski definition) is 1. The van der Waals surface area contributed by atoms with Gasteiger partial charge in [-0.25, -0.2) is 0 Å². The Hall–Kier alpha value is -0.0800. The van der Waals surface area contributed by atoms with Gasteiger partial charge in [-0.05, 0) is 38.5 Å². The lowest BCUT2D eigenvalue weighted by Gasteiger charge is -2.29. The zero-order valence-corrected chi connectivity index (χ0v) is 10.8. The van der Waals surface area contributed by atoms with Gasteiger partial charge in [0.2, 0.25) is 0 Å². The first-order valence-electron chi connectivity index (χ1n) is 6.46. The van der Waals surface area contributed by atoms with Crippen LogP contribution in [0.5, 0.6) is 0 Å². The Morgan fingerprint density at radius 1 is 1.13 bits per heavy atom. The first kappa shape index (κ1) is 13.0. The monoisotopic (exact) mass is 213 g/mol. The normalized spacial score (nSPS) is 29.4. The van der Waals surface area contributed by atoms with Crippen LogP contribution in [0.25, 0.3) is 0 Å². The third kappa shape index (κ3) is 5.53. The summed E-state index contributed by atoms with van der Waals surface area (Å²) < 4.78 is 6.03. The van der Waals surface area contributed by atoms with Gasteiger partial charge in [0, 0.05) is 12.6 Å². The van der Waals surface area contributed by atoms with Crippen LogP contribution in [0.1, 0.15) is 53.4 Å². The first-order chi connectivity index (χ1) is 7.08. The summed E-state index contributed by atoms with van der Waals surface area (Å²) in [6, 6.07) is 0.558. The standard InChI is InChI=1S/C13H27NO/c1-10(2)14-9-12(4)15-13-7-5-11(3)6-8-13/h10-14H,5-9H2,1-4H3. The van der Waals surface area contributed by atoms with Gasteiger partial charge in [0.1, 0.15) is 0 Å². The lowest BCUT2D eigenvalue weighted by atomic mass is 9.89. The van der Waals surface area contributed by atoms with Crippen molar-refractivity contribution in [2.45, 2.75) is 71.6 Å². The lowest BCUT2D eigenvalue weighted by Crippen LogP contribution is -2.35. The van der Waals surface area contributed by atoms with Crippen LogP contribution in [0.3, 0.4) is 0 Å². The molecule has 1 saturated carbocycles. The molecule has 1 aliphatic carbocycles. The molecule has 0 spiro atoms. The molecule has 0 radical (unpaired) electrons. The van der Waals surface area contributed by atoms with Gasteiger partial charge in [-0.1, -0.05) is 20.8 Å². The highest BCUT2D eigenvalue weighted by Crippen LogP contribution is 2.26. The van der Waals surface area contributed by atoms with E-state index in [-0.39, 0.29) is 0 Å². The van der Waals surface area contributed by atoms with Crippen molar-refractivity contribution in [2.24, 2.45) is 5.92 Å². The molecule has 1 aliphatic rings. The van der Waals surface area contributed by atoms with Gasteiger partial charge in [-0.15, -0.1) is 0 Å². The second-order valence-electron chi connectivity index (χ2n) is 5.39. The van der Waals surface area contributed by atoms with Gasteiger partial charge in [-0.2, -0.15) is 0 Å². The van der Waals surface area contributed by atoms with E-state index in [0.717, 1.165) is 12.5 Å². The molecule has 15 heavy (non-hydrogen) atoms. The van der Waals surface area contributed by atoms with E-state index in [4.69, 9.17) is 4.74 Å². The van der Waals surface area contributed by atoms with Gasteiger partial charge in [-0.3, -0.25) is 0 Å². The van der Waals surface area contributed by atoms with Gasteiger partial charge in [0.05, 0.1) is 12.2 Å². The summed E-state index contributed by atoms with van der Waals surface area (Å²) in [7, 11) is 0. The number of ether oxygens (including phenoxy) is 1. The van der Waals surface area contributed by atoms with Gasteiger partial charge in [0.15, 0.2) is 0 Å². The largest absolute Gasteiger partial charge is 0.374 e. The van der Waals surface area contributed by atoms with Gasteiger partial charge >= 0.3 is 0 Å². The summed E-state index contributed by atoms with van der Waals surface area (Å²) in [5, 5.41) is 3.42. The maximum absolute atomic E-state index is 6.03. The fourth-order valence-corrected chi connectivity index (χ4v) is 2.14. The summed E-state index contributed by atoms with van der Waals surface area (Å²) in [5.41, 5.74) is 0. The number of rotatable bonds is 5. The lowest BCUT2D eigenvalue weighted by molar-refractivity contribution is -0.0265. The van der Waals surface area contributed by atoms with Crippen molar-refractivity contribution < 1.29 is 4.74 Å². The van der Waals surface area contributed by atoms with Crippen LogP contribution < -0.4 is 5.32 Å². The predicted molar refractivity (Wildman–Crippen MR) is 65.1 cm³/mol. The highest BCUT2D eigenvalue weighted by Gasteiger charge is 2.20. The first-order valence-corrected chi connectivity index (χ1v) is 6.46. The minimum Gasteiger partial charge on any atom is -0.374 e. The van der Waals surface area contributed by atoms with Crippen molar-refractivity contribution in [3.8, 4) is 0 Å². The Morgan fingerprint density at radius 2 is 1.73 bits per heavy atom. The molecule has 2 heteroatoms. The van der Waals surface area contributed by atoms with Crippen molar-refractivity contribution >= 4 is 0 Å². The van der Waals surface area contributed by atoms with E-state index in [1.165, 1.54) is 25.7 Å². The van der Waals surface area contributed by atoms with Crippen molar-refractivity contribution in [2.75, 3.05) is 6.54 Å². The molecule has 0 aromatic carbocycles. The molecule has 0 aromatic rings. The van der Waals surface area contributed by atoms with Crippen LogP contribution >= 0.6 is 0 Å². The highest BCUT2D eigenvalue weighted by molar-refractivity contribution is 4.71. The maximum atomic E-state index is 6.03. The van der Waals surface area contributed by atoms with E-state index < -0.39 is 0 Å². The summed E-state index contributed by atoms with van der Waals surface area (Å²) in [6.07, 6.45) is 6.07. The van der Waals surface area contributed by atoms with Gasteiger partial charge in [0.25, 0.3) is 0 Å². The molecule has 90 valence electrons. The van der Waals surface area contributed by atoms with Crippen molar-refractivity contribution in [1.82, 2.24) is 5.32 Å². The Morgan fingerprint density at radius 3 is 2.27 bits per heavy atom. The third-order valence-corrected chi connectivity index (χ3v) is 3.20. The molecule has 0 aliphatic heterocycles. The van der Waals surface area contributed by atoms with E-state index in [9.17, 15) is 0 Å². The zero-order valence-electron chi connectivity index (χ0n) is 10.8. The predicted octanol–water partition coefficient (Wildman–Crippen LogP) is 2.97. The molecule has 0 saturated heterocycles.